The zero-order chi connectivity index (χ0) is 19.8. The number of ether oxygens (including phenoxy) is 2. The van der Waals surface area contributed by atoms with Gasteiger partial charge >= 0.3 is 12.1 Å². The van der Waals surface area contributed by atoms with Crippen LogP contribution in [0.5, 0.6) is 0 Å². The van der Waals surface area contributed by atoms with Crippen LogP contribution >= 0.6 is 0 Å². The molecule has 0 fully saturated rings. The quantitative estimate of drug-likeness (QED) is 0.765. The first-order valence-electron chi connectivity index (χ1n) is 8.91. The first-order valence-corrected chi connectivity index (χ1v) is 8.91. The number of nitrogens with zero attached hydrogens (tertiary/aromatic N) is 5. The van der Waals surface area contributed by atoms with Gasteiger partial charge in [0, 0.05) is 6.20 Å². The van der Waals surface area contributed by atoms with Crippen LogP contribution in [0.1, 0.15) is 50.2 Å². The maximum absolute atomic E-state index is 12.7. The van der Waals surface area contributed by atoms with Gasteiger partial charge in [-0.3, -0.25) is 9.58 Å². The molecule has 2 aromatic rings. The monoisotopic (exact) mass is 375 g/mol. The van der Waals surface area contributed by atoms with E-state index in [0.29, 0.717) is 24.3 Å². The van der Waals surface area contributed by atoms with Gasteiger partial charge in [-0.2, -0.15) is 10.2 Å². The van der Waals surface area contributed by atoms with Gasteiger partial charge in [-0.15, -0.1) is 0 Å². The van der Waals surface area contributed by atoms with Crippen LogP contribution in [0.3, 0.4) is 0 Å². The Morgan fingerprint density at radius 1 is 1.26 bits per heavy atom. The molecule has 1 atom stereocenters. The van der Waals surface area contributed by atoms with Gasteiger partial charge in [0.05, 0.1) is 49.9 Å². The molecule has 0 saturated heterocycles. The molecule has 0 aromatic carbocycles. The lowest BCUT2D eigenvalue weighted by atomic mass is 10.1. The fraction of sp³-hybridized carbons (Fsp3) is 0.556. The molecule has 146 valence electrons. The van der Waals surface area contributed by atoms with E-state index in [-0.39, 0.29) is 12.1 Å². The Kier molecular flexibility index (Phi) is 4.95. The summed E-state index contributed by atoms with van der Waals surface area (Å²) in [4.78, 5) is 26.1. The van der Waals surface area contributed by atoms with E-state index in [4.69, 9.17) is 9.47 Å². The van der Waals surface area contributed by atoms with Crippen LogP contribution in [0.15, 0.2) is 18.6 Å². The summed E-state index contributed by atoms with van der Waals surface area (Å²) in [6.07, 6.45) is 5.17. The van der Waals surface area contributed by atoms with Crippen molar-refractivity contribution in [3.05, 3.63) is 29.8 Å². The fourth-order valence-corrected chi connectivity index (χ4v) is 3.06. The fourth-order valence-electron chi connectivity index (χ4n) is 3.06. The Labute approximate surface area is 157 Å². The summed E-state index contributed by atoms with van der Waals surface area (Å²) in [7, 11) is 1.32. The molecular weight excluding hydrogens is 350 g/mol. The zero-order valence-electron chi connectivity index (χ0n) is 16.3. The summed E-state index contributed by atoms with van der Waals surface area (Å²) >= 11 is 0. The van der Waals surface area contributed by atoms with E-state index in [1.54, 1.807) is 22.0 Å². The summed E-state index contributed by atoms with van der Waals surface area (Å²) in [5.41, 5.74) is 1.34. The first-order chi connectivity index (χ1) is 12.7. The van der Waals surface area contributed by atoms with Gasteiger partial charge in [0.1, 0.15) is 11.3 Å². The van der Waals surface area contributed by atoms with Crippen LogP contribution < -0.4 is 0 Å². The second kappa shape index (κ2) is 7.05. The number of hydrogen-bond donors (Lipinski definition) is 0. The Bertz CT molecular complexity index is 848. The molecule has 0 radical (unpaired) electrons. The summed E-state index contributed by atoms with van der Waals surface area (Å²) in [5, 5.41) is 8.67. The van der Waals surface area contributed by atoms with E-state index >= 15 is 0 Å². The predicted octanol–water partition coefficient (Wildman–Crippen LogP) is 2.38. The lowest BCUT2D eigenvalue weighted by Crippen LogP contribution is -2.48. The van der Waals surface area contributed by atoms with Crippen molar-refractivity contribution in [1.29, 1.82) is 0 Å². The Morgan fingerprint density at radius 2 is 2.00 bits per heavy atom. The number of carbonyl (C=O) groups excluding carboxylic acids is 2. The molecule has 1 aliphatic rings. The molecule has 3 heterocycles. The van der Waals surface area contributed by atoms with Gasteiger partial charge < -0.3 is 9.47 Å². The third-order valence-electron chi connectivity index (χ3n) is 4.42. The summed E-state index contributed by atoms with van der Waals surface area (Å²) in [6.45, 7) is 8.52. The molecule has 0 spiro atoms. The van der Waals surface area contributed by atoms with Crippen molar-refractivity contribution in [2.75, 3.05) is 7.11 Å². The van der Waals surface area contributed by atoms with Gasteiger partial charge in [0.2, 0.25) is 0 Å². The molecule has 0 saturated carbocycles. The standard InChI is InChI=1S/C18H25N5O4/c1-6-13-10-23-15(11-21(13)17(25)27-18(2,3)4)14(8-20-23)22-9-12(7-19-22)16(24)26-5/h7-9,13H,6,10-11H2,1-5H3/t13-/m0/s1. The molecule has 3 rings (SSSR count). The number of carbonyl (C=O) groups is 2. The van der Waals surface area contributed by atoms with Crippen molar-refractivity contribution in [2.24, 2.45) is 0 Å². The number of amides is 1. The van der Waals surface area contributed by atoms with Crippen LogP contribution in [-0.4, -0.2) is 55.3 Å². The highest BCUT2D eigenvalue weighted by Crippen LogP contribution is 2.26. The van der Waals surface area contributed by atoms with Crippen molar-refractivity contribution in [2.45, 2.75) is 58.8 Å². The normalized spacial score (nSPS) is 16.8. The SMILES string of the molecule is CC[C@H]1Cn2ncc(-n3cc(C(=O)OC)cn3)c2CN1C(=O)OC(C)(C)C. The van der Waals surface area contributed by atoms with Gasteiger partial charge in [-0.05, 0) is 27.2 Å². The van der Waals surface area contributed by atoms with Crippen molar-refractivity contribution in [3.63, 3.8) is 0 Å². The Hall–Kier alpha value is -2.84. The largest absolute Gasteiger partial charge is 0.465 e. The topological polar surface area (TPSA) is 91.5 Å². The van der Waals surface area contributed by atoms with E-state index in [1.165, 1.54) is 13.3 Å². The van der Waals surface area contributed by atoms with Gasteiger partial charge in [0.25, 0.3) is 0 Å². The highest BCUT2D eigenvalue weighted by molar-refractivity contribution is 5.88. The second-order valence-corrected chi connectivity index (χ2v) is 7.49. The zero-order valence-corrected chi connectivity index (χ0v) is 16.3. The van der Waals surface area contributed by atoms with Gasteiger partial charge in [0.15, 0.2) is 0 Å². The number of rotatable bonds is 3. The summed E-state index contributed by atoms with van der Waals surface area (Å²) < 4.78 is 13.7. The average Bonchev–Trinajstić information content (AvgIpc) is 3.24. The molecule has 9 heteroatoms. The van der Waals surface area contributed by atoms with Gasteiger partial charge in [-0.25, -0.2) is 14.3 Å². The summed E-state index contributed by atoms with van der Waals surface area (Å²) in [5.74, 6) is -0.455. The molecule has 2 aromatic heterocycles. The Balaban J connectivity index is 1.90. The predicted molar refractivity (Wildman–Crippen MR) is 96.5 cm³/mol. The number of methoxy groups -OCH3 is 1. The van der Waals surface area contributed by atoms with E-state index < -0.39 is 11.6 Å². The minimum absolute atomic E-state index is 0.00310. The number of esters is 1. The molecule has 0 bridgehead atoms. The van der Waals surface area contributed by atoms with E-state index in [1.807, 2.05) is 32.4 Å². The lowest BCUT2D eigenvalue weighted by Gasteiger charge is -2.36. The molecule has 27 heavy (non-hydrogen) atoms. The molecule has 0 unspecified atom stereocenters. The molecule has 1 amide bonds. The van der Waals surface area contributed by atoms with Crippen LogP contribution in [0, 0.1) is 0 Å². The second-order valence-electron chi connectivity index (χ2n) is 7.49. The molecule has 1 aliphatic heterocycles. The number of hydrogen-bond acceptors (Lipinski definition) is 6. The summed E-state index contributed by atoms with van der Waals surface area (Å²) in [6, 6.07) is 0.00310. The Morgan fingerprint density at radius 3 is 2.63 bits per heavy atom. The lowest BCUT2D eigenvalue weighted by molar-refractivity contribution is 0.00621. The van der Waals surface area contributed by atoms with Crippen molar-refractivity contribution in [1.82, 2.24) is 24.5 Å². The van der Waals surface area contributed by atoms with Crippen LogP contribution in [0.25, 0.3) is 5.69 Å². The minimum atomic E-state index is -0.562. The van der Waals surface area contributed by atoms with E-state index in [2.05, 4.69) is 10.2 Å². The maximum atomic E-state index is 12.7. The number of aromatic nitrogens is 4. The van der Waals surface area contributed by atoms with E-state index in [9.17, 15) is 9.59 Å². The van der Waals surface area contributed by atoms with Crippen molar-refractivity contribution < 1.29 is 19.1 Å². The highest BCUT2D eigenvalue weighted by atomic mass is 16.6. The van der Waals surface area contributed by atoms with Crippen molar-refractivity contribution in [3.8, 4) is 5.69 Å². The maximum Gasteiger partial charge on any atom is 0.410 e. The molecule has 9 nitrogen and oxygen atoms in total. The van der Waals surface area contributed by atoms with Crippen LogP contribution in [-0.2, 0) is 22.6 Å². The van der Waals surface area contributed by atoms with Crippen LogP contribution in [0.2, 0.25) is 0 Å². The number of fused-ring (bicyclic) bond motifs is 1. The smallest absolute Gasteiger partial charge is 0.410 e. The van der Waals surface area contributed by atoms with E-state index in [0.717, 1.165) is 12.1 Å². The van der Waals surface area contributed by atoms with Crippen LogP contribution in [0.4, 0.5) is 4.79 Å². The van der Waals surface area contributed by atoms with Gasteiger partial charge in [-0.1, -0.05) is 6.92 Å². The third kappa shape index (κ3) is 3.81. The van der Waals surface area contributed by atoms with Crippen molar-refractivity contribution >= 4 is 12.1 Å². The third-order valence-corrected chi connectivity index (χ3v) is 4.42. The minimum Gasteiger partial charge on any atom is -0.465 e. The molecule has 0 aliphatic carbocycles. The highest BCUT2D eigenvalue weighted by Gasteiger charge is 2.34. The molecule has 0 N–H and O–H groups in total. The average molecular weight is 375 g/mol. The first kappa shape index (κ1) is 18.9. The molecular formula is C18H25N5O4.